The number of fused-ring (bicyclic) bond motifs is 1. The lowest BCUT2D eigenvalue weighted by Crippen LogP contribution is -2.35. The quantitative estimate of drug-likeness (QED) is 0.574. The molecular formula is C23H23N3O5S2. The van der Waals surface area contributed by atoms with Crippen molar-refractivity contribution in [3.05, 3.63) is 83.4 Å². The van der Waals surface area contributed by atoms with Crippen LogP contribution in [-0.4, -0.2) is 29.3 Å². The van der Waals surface area contributed by atoms with Crippen molar-refractivity contribution < 1.29 is 21.6 Å². The van der Waals surface area contributed by atoms with Crippen molar-refractivity contribution in [1.82, 2.24) is 0 Å². The number of primary sulfonamides is 1. The second kappa shape index (κ2) is 8.62. The van der Waals surface area contributed by atoms with Crippen LogP contribution in [0, 0.1) is 6.92 Å². The predicted octanol–water partition coefficient (Wildman–Crippen LogP) is 3.04. The van der Waals surface area contributed by atoms with Gasteiger partial charge in [-0.05, 0) is 79.9 Å². The van der Waals surface area contributed by atoms with E-state index in [9.17, 15) is 21.6 Å². The van der Waals surface area contributed by atoms with E-state index >= 15 is 0 Å². The summed E-state index contributed by atoms with van der Waals surface area (Å²) in [5.74, 6) is -0.389. The summed E-state index contributed by atoms with van der Waals surface area (Å²) in [7, 11) is -7.53. The molecule has 3 aromatic carbocycles. The van der Waals surface area contributed by atoms with E-state index in [0.29, 0.717) is 36.3 Å². The molecule has 1 aliphatic rings. The molecule has 0 radical (unpaired) electrons. The Hall–Kier alpha value is -3.21. The van der Waals surface area contributed by atoms with E-state index in [1.165, 1.54) is 28.6 Å². The smallest absolute Gasteiger partial charge is 0.264 e. The van der Waals surface area contributed by atoms with Crippen LogP contribution in [0.25, 0.3) is 0 Å². The SMILES string of the molecule is Cc1ccc(S(=O)(=O)N2CCCc3cc(C(=O)Nc4ccc(S(N)(=O)=O)cc4)ccc32)cc1. The van der Waals surface area contributed by atoms with Gasteiger partial charge in [-0.25, -0.2) is 22.0 Å². The highest BCUT2D eigenvalue weighted by molar-refractivity contribution is 7.92. The molecular weight excluding hydrogens is 462 g/mol. The number of hydrogen-bond donors (Lipinski definition) is 2. The molecule has 172 valence electrons. The van der Waals surface area contributed by atoms with Crippen molar-refractivity contribution in [2.24, 2.45) is 5.14 Å². The standard InChI is InChI=1S/C23H23N3O5S2/c1-16-4-9-21(10-5-16)33(30,31)26-14-2-3-17-15-18(6-13-22(17)26)23(27)25-19-7-11-20(12-8-19)32(24,28)29/h4-13,15H,2-3,14H2,1H3,(H,25,27)(H2,24,28,29). The van der Waals surface area contributed by atoms with Crippen molar-refractivity contribution in [3.63, 3.8) is 0 Å². The fourth-order valence-electron chi connectivity index (χ4n) is 3.72. The summed E-state index contributed by atoms with van der Waals surface area (Å²) < 4.78 is 50.6. The number of nitrogens with zero attached hydrogens (tertiary/aromatic N) is 1. The molecule has 1 heterocycles. The highest BCUT2D eigenvalue weighted by Gasteiger charge is 2.29. The molecule has 0 atom stereocenters. The van der Waals surface area contributed by atoms with Gasteiger partial charge < -0.3 is 5.32 Å². The summed E-state index contributed by atoms with van der Waals surface area (Å²) in [6, 6.07) is 17.2. The zero-order chi connectivity index (χ0) is 23.8. The molecule has 0 saturated carbocycles. The van der Waals surface area contributed by atoms with Gasteiger partial charge >= 0.3 is 0 Å². The minimum absolute atomic E-state index is 0.0517. The van der Waals surface area contributed by atoms with E-state index in [2.05, 4.69) is 5.32 Å². The van der Waals surface area contributed by atoms with Crippen molar-refractivity contribution in [3.8, 4) is 0 Å². The number of benzene rings is 3. The zero-order valence-electron chi connectivity index (χ0n) is 17.9. The van der Waals surface area contributed by atoms with Crippen LogP contribution in [0.2, 0.25) is 0 Å². The molecule has 0 fully saturated rings. The molecule has 0 saturated heterocycles. The second-order valence-electron chi connectivity index (χ2n) is 7.86. The van der Waals surface area contributed by atoms with Crippen molar-refractivity contribution >= 4 is 37.3 Å². The summed E-state index contributed by atoms with van der Waals surface area (Å²) >= 11 is 0. The lowest BCUT2D eigenvalue weighted by molar-refractivity contribution is 0.102. The molecule has 1 aliphatic heterocycles. The van der Waals surface area contributed by atoms with E-state index in [1.807, 2.05) is 6.92 Å². The number of amides is 1. The Balaban J connectivity index is 1.58. The first kappa shape index (κ1) is 23.0. The first-order chi connectivity index (χ1) is 15.6. The minimum atomic E-state index is -3.82. The fraction of sp³-hybridized carbons (Fsp3) is 0.174. The molecule has 10 heteroatoms. The third kappa shape index (κ3) is 4.77. The summed E-state index contributed by atoms with van der Waals surface area (Å²) in [6.07, 6.45) is 1.29. The number of anilines is 2. The van der Waals surface area contributed by atoms with E-state index in [4.69, 9.17) is 5.14 Å². The monoisotopic (exact) mass is 485 g/mol. The molecule has 8 nitrogen and oxygen atoms in total. The Morgan fingerprint density at radius 2 is 1.55 bits per heavy atom. The molecule has 0 aliphatic carbocycles. The highest BCUT2D eigenvalue weighted by Crippen LogP contribution is 2.33. The van der Waals surface area contributed by atoms with Gasteiger partial charge in [-0.3, -0.25) is 9.10 Å². The number of carbonyl (C=O) groups excluding carboxylic acids is 1. The molecule has 4 rings (SSSR count). The normalized spacial score (nSPS) is 13.9. The summed E-state index contributed by atoms with van der Waals surface area (Å²) in [4.78, 5) is 12.9. The molecule has 3 aromatic rings. The third-order valence-electron chi connectivity index (χ3n) is 5.47. The fourth-order valence-corrected chi connectivity index (χ4v) is 5.78. The average molecular weight is 486 g/mol. The molecule has 0 unspecified atom stereocenters. The van der Waals surface area contributed by atoms with Gasteiger partial charge in [0.1, 0.15) is 0 Å². The largest absolute Gasteiger partial charge is 0.322 e. The number of nitrogens with two attached hydrogens (primary N) is 1. The Morgan fingerprint density at radius 1 is 0.909 bits per heavy atom. The number of nitrogens with one attached hydrogen (secondary N) is 1. The maximum Gasteiger partial charge on any atom is 0.264 e. The number of carbonyl (C=O) groups is 1. The van der Waals surface area contributed by atoms with Gasteiger partial charge in [0.2, 0.25) is 10.0 Å². The Labute approximate surface area is 193 Å². The van der Waals surface area contributed by atoms with Gasteiger partial charge in [-0.2, -0.15) is 0 Å². The van der Waals surface area contributed by atoms with Crippen LogP contribution in [0.3, 0.4) is 0 Å². The van der Waals surface area contributed by atoms with E-state index in [-0.39, 0.29) is 15.7 Å². The lowest BCUT2D eigenvalue weighted by atomic mass is 10.0. The van der Waals surface area contributed by atoms with Crippen LogP contribution in [0.4, 0.5) is 11.4 Å². The van der Waals surface area contributed by atoms with Crippen molar-refractivity contribution in [1.29, 1.82) is 0 Å². The summed E-state index contributed by atoms with van der Waals surface area (Å²) in [5, 5.41) is 7.80. The Kier molecular flexibility index (Phi) is 6.00. The van der Waals surface area contributed by atoms with Crippen molar-refractivity contribution in [2.45, 2.75) is 29.6 Å². The molecule has 33 heavy (non-hydrogen) atoms. The first-order valence-electron chi connectivity index (χ1n) is 10.2. The Bertz CT molecular complexity index is 1420. The van der Waals surface area contributed by atoms with Gasteiger partial charge in [0.25, 0.3) is 15.9 Å². The van der Waals surface area contributed by atoms with E-state index in [0.717, 1.165) is 11.1 Å². The zero-order valence-corrected chi connectivity index (χ0v) is 19.5. The maximum absolute atomic E-state index is 13.2. The first-order valence-corrected chi connectivity index (χ1v) is 13.2. The van der Waals surface area contributed by atoms with Crippen molar-refractivity contribution in [2.75, 3.05) is 16.2 Å². The van der Waals surface area contributed by atoms with Crippen LogP contribution in [0.1, 0.15) is 27.9 Å². The third-order valence-corrected chi connectivity index (χ3v) is 8.22. The predicted molar refractivity (Wildman–Crippen MR) is 126 cm³/mol. The highest BCUT2D eigenvalue weighted by atomic mass is 32.2. The molecule has 0 spiro atoms. The van der Waals surface area contributed by atoms with Gasteiger partial charge in [-0.1, -0.05) is 17.7 Å². The Morgan fingerprint density at radius 3 is 2.18 bits per heavy atom. The van der Waals surface area contributed by atoms with Crippen LogP contribution in [0.15, 0.2) is 76.5 Å². The van der Waals surface area contributed by atoms with Crippen LogP contribution in [0.5, 0.6) is 0 Å². The molecule has 3 N–H and O–H groups in total. The number of sulfonamides is 2. The van der Waals surface area contributed by atoms with Gasteiger partial charge in [0.05, 0.1) is 15.5 Å². The molecule has 0 aromatic heterocycles. The topological polar surface area (TPSA) is 127 Å². The maximum atomic E-state index is 13.2. The number of aryl methyl sites for hydroxylation is 2. The van der Waals surface area contributed by atoms with Crippen LogP contribution >= 0.6 is 0 Å². The average Bonchev–Trinajstić information content (AvgIpc) is 2.78. The van der Waals surface area contributed by atoms with Gasteiger partial charge in [0, 0.05) is 17.8 Å². The van der Waals surface area contributed by atoms with E-state index in [1.54, 1.807) is 42.5 Å². The number of rotatable bonds is 5. The lowest BCUT2D eigenvalue weighted by Gasteiger charge is -2.30. The van der Waals surface area contributed by atoms with Gasteiger partial charge in [0.15, 0.2) is 0 Å². The summed E-state index contributed by atoms with van der Waals surface area (Å²) in [6.45, 7) is 2.26. The minimum Gasteiger partial charge on any atom is -0.322 e. The molecule has 1 amide bonds. The number of hydrogen-bond acceptors (Lipinski definition) is 5. The van der Waals surface area contributed by atoms with Crippen LogP contribution < -0.4 is 14.8 Å². The molecule has 0 bridgehead atoms. The van der Waals surface area contributed by atoms with Gasteiger partial charge in [-0.15, -0.1) is 0 Å². The second-order valence-corrected chi connectivity index (χ2v) is 11.3. The van der Waals surface area contributed by atoms with E-state index < -0.39 is 20.0 Å². The summed E-state index contributed by atoms with van der Waals surface area (Å²) in [5.41, 5.74) is 3.10. The van der Waals surface area contributed by atoms with Crippen LogP contribution in [-0.2, 0) is 26.5 Å².